The van der Waals surface area contributed by atoms with E-state index >= 15 is 0 Å². The van der Waals surface area contributed by atoms with E-state index in [1.807, 2.05) is 57.2 Å². The van der Waals surface area contributed by atoms with Crippen LogP contribution in [0.2, 0.25) is 5.02 Å². The van der Waals surface area contributed by atoms with Gasteiger partial charge >= 0.3 is 5.97 Å². The highest BCUT2D eigenvalue weighted by atomic mass is 35.5. The fourth-order valence-electron chi connectivity index (χ4n) is 6.43. The second-order valence-electron chi connectivity index (χ2n) is 10.7. The highest BCUT2D eigenvalue weighted by Crippen LogP contribution is 2.61. The number of hydrogen-bond donors (Lipinski definition) is 1. The van der Waals surface area contributed by atoms with Crippen molar-refractivity contribution in [3.63, 3.8) is 0 Å². The van der Waals surface area contributed by atoms with Crippen LogP contribution in [0.3, 0.4) is 0 Å². The maximum atomic E-state index is 14.6. The van der Waals surface area contributed by atoms with Crippen molar-refractivity contribution in [2.45, 2.75) is 55.7 Å². The summed E-state index contributed by atoms with van der Waals surface area (Å²) in [5.74, 6) is -2.20. The first kappa shape index (κ1) is 26.3. The molecule has 0 aromatic heterocycles. The smallest absolute Gasteiger partial charge is 0.311 e. The molecule has 4 aliphatic rings. The number of halogens is 1. The summed E-state index contributed by atoms with van der Waals surface area (Å²) in [5, 5.41) is 10.6. The van der Waals surface area contributed by atoms with Crippen molar-refractivity contribution >= 4 is 46.8 Å². The minimum absolute atomic E-state index is 0.189. The second kappa shape index (κ2) is 10.1. The van der Waals surface area contributed by atoms with Crippen LogP contribution in [-0.4, -0.2) is 69.6 Å². The van der Waals surface area contributed by atoms with E-state index in [0.717, 1.165) is 5.56 Å². The van der Waals surface area contributed by atoms with Gasteiger partial charge in [0.15, 0.2) is 0 Å². The lowest BCUT2D eigenvalue weighted by atomic mass is 9.78. The Kier molecular flexibility index (Phi) is 7.20. The fourth-order valence-corrected chi connectivity index (χ4v) is 8.74. The largest absolute Gasteiger partial charge is 0.465 e. The van der Waals surface area contributed by atoms with Crippen LogP contribution in [0, 0.1) is 24.7 Å². The predicted molar refractivity (Wildman–Crippen MR) is 144 cm³/mol. The Morgan fingerprint density at radius 1 is 1.22 bits per heavy atom. The first-order valence-corrected chi connectivity index (χ1v) is 14.1. The van der Waals surface area contributed by atoms with Gasteiger partial charge in [-0.2, -0.15) is 0 Å². The molecule has 0 aliphatic carbocycles. The summed E-state index contributed by atoms with van der Waals surface area (Å²) in [5.41, 5.74) is 1.47. The molecule has 5 rings (SSSR count). The summed E-state index contributed by atoms with van der Waals surface area (Å²) in [7, 11) is 0. The number of cyclic esters (lactones) is 1. The molecular formula is C28H33ClN2O5S. The zero-order chi connectivity index (χ0) is 26.5. The third kappa shape index (κ3) is 4.21. The number of aliphatic hydroxyl groups is 1. The monoisotopic (exact) mass is 544 g/mol. The number of thioether (sulfide) groups is 1. The van der Waals surface area contributed by atoms with Crippen LogP contribution in [-0.2, 0) is 19.1 Å². The Balaban J connectivity index is 1.67. The number of benzene rings is 1. The maximum absolute atomic E-state index is 14.6. The Bertz CT molecular complexity index is 1150. The Morgan fingerprint density at radius 2 is 2.00 bits per heavy atom. The van der Waals surface area contributed by atoms with Crippen molar-refractivity contribution in [1.82, 2.24) is 4.90 Å². The molecule has 198 valence electrons. The third-order valence-corrected chi connectivity index (χ3v) is 9.91. The maximum Gasteiger partial charge on any atom is 0.311 e. The van der Waals surface area contributed by atoms with Crippen LogP contribution in [0.4, 0.5) is 5.69 Å². The van der Waals surface area contributed by atoms with Gasteiger partial charge in [0.05, 0.1) is 46.5 Å². The molecule has 1 aromatic rings. The first-order chi connectivity index (χ1) is 17.7. The van der Waals surface area contributed by atoms with Crippen molar-refractivity contribution in [3.8, 4) is 0 Å². The molecule has 2 fully saturated rings. The Labute approximate surface area is 226 Å². The number of carbonyl (C=O) groups excluding carboxylic acids is 3. The molecule has 2 saturated heterocycles. The van der Waals surface area contributed by atoms with E-state index in [1.165, 1.54) is 11.8 Å². The summed E-state index contributed by atoms with van der Waals surface area (Å²) >= 11 is 8.10. The number of hydrogen-bond acceptors (Lipinski definition) is 6. The topological polar surface area (TPSA) is 87.2 Å². The summed E-state index contributed by atoms with van der Waals surface area (Å²) in [4.78, 5) is 45.3. The quantitative estimate of drug-likeness (QED) is 0.449. The van der Waals surface area contributed by atoms with Gasteiger partial charge in [-0.05, 0) is 37.3 Å². The van der Waals surface area contributed by atoms with E-state index in [-0.39, 0.29) is 36.2 Å². The minimum Gasteiger partial charge on any atom is -0.465 e. The van der Waals surface area contributed by atoms with Gasteiger partial charge in [0.2, 0.25) is 5.91 Å². The number of fused-ring (bicyclic) bond motifs is 2. The van der Waals surface area contributed by atoms with Gasteiger partial charge in [-0.15, -0.1) is 11.8 Å². The molecule has 1 unspecified atom stereocenters. The van der Waals surface area contributed by atoms with Crippen molar-refractivity contribution in [2.24, 2.45) is 17.8 Å². The van der Waals surface area contributed by atoms with Crippen LogP contribution in [0.5, 0.6) is 0 Å². The van der Waals surface area contributed by atoms with Gasteiger partial charge in [-0.3, -0.25) is 14.4 Å². The number of aliphatic hydroxyl groups excluding tert-OH is 1. The van der Waals surface area contributed by atoms with Gasteiger partial charge in [0.1, 0.15) is 6.04 Å². The molecule has 37 heavy (non-hydrogen) atoms. The zero-order valence-corrected chi connectivity index (χ0v) is 22.9. The lowest BCUT2D eigenvalue weighted by molar-refractivity contribution is -0.153. The van der Waals surface area contributed by atoms with Gasteiger partial charge in [-0.25, -0.2) is 0 Å². The zero-order valence-electron chi connectivity index (χ0n) is 21.3. The van der Waals surface area contributed by atoms with E-state index in [2.05, 4.69) is 0 Å². The number of ether oxygens (including phenoxy) is 1. The number of aryl methyl sites for hydroxylation is 1. The Morgan fingerprint density at radius 3 is 2.70 bits per heavy atom. The molecule has 9 heteroatoms. The molecule has 1 aromatic carbocycles. The second-order valence-corrected chi connectivity index (χ2v) is 12.6. The van der Waals surface area contributed by atoms with Crippen LogP contribution in [0.15, 0.2) is 42.5 Å². The van der Waals surface area contributed by atoms with Crippen LogP contribution >= 0.6 is 23.4 Å². The summed E-state index contributed by atoms with van der Waals surface area (Å²) < 4.78 is 4.57. The van der Waals surface area contributed by atoms with E-state index in [1.54, 1.807) is 15.9 Å². The molecule has 1 spiro atoms. The molecular weight excluding hydrogens is 512 g/mol. The lowest BCUT2D eigenvalue weighted by Gasteiger charge is -2.39. The summed E-state index contributed by atoms with van der Waals surface area (Å²) in [6, 6.07) is 4.05. The standard InChI is InChI=1S/C28H33ClN2O5S/c1-16(2)14-18(15-32)31-24-26(34)30(23-17(3)8-6-9-19(23)29)12-7-11-28(24)22(25(31)33)21-20(37-28)10-4-5-13-36-27(21)35/h4,6-11,16,18,20-22,24,32H,5,12-15H2,1-3H3/t18-,20+,21-,22+,24?,28+/m1/s1. The highest BCUT2D eigenvalue weighted by Gasteiger charge is 2.71. The van der Waals surface area contributed by atoms with Gasteiger partial charge < -0.3 is 19.6 Å². The van der Waals surface area contributed by atoms with Crippen LogP contribution in [0.1, 0.15) is 32.3 Å². The van der Waals surface area contributed by atoms with Gasteiger partial charge in [0.25, 0.3) is 5.91 Å². The number of rotatable bonds is 5. The van der Waals surface area contributed by atoms with E-state index in [4.69, 9.17) is 16.3 Å². The molecule has 4 heterocycles. The van der Waals surface area contributed by atoms with Crippen molar-refractivity contribution in [2.75, 3.05) is 24.7 Å². The predicted octanol–water partition coefficient (Wildman–Crippen LogP) is 3.76. The van der Waals surface area contributed by atoms with E-state index in [0.29, 0.717) is 30.1 Å². The number of para-hydroxylation sites is 1. The van der Waals surface area contributed by atoms with Gasteiger partial charge in [0, 0.05) is 11.8 Å². The molecule has 1 N–H and O–H groups in total. The summed E-state index contributed by atoms with van der Waals surface area (Å²) in [6.07, 6.45) is 9.02. The third-order valence-electron chi connectivity index (χ3n) is 7.86. The molecule has 4 aliphatic heterocycles. The number of esters is 1. The van der Waals surface area contributed by atoms with Gasteiger partial charge in [-0.1, -0.05) is 61.9 Å². The molecule has 2 amide bonds. The molecule has 0 bridgehead atoms. The SMILES string of the molecule is Cc1cccc(Cl)c1N1CC=C[C@]23S[C@H]4C=CCCOC(=O)[C@H]4[C@H]2C(=O)N([C@@H](CO)CC(C)C)C3C1=O. The first-order valence-electron chi connectivity index (χ1n) is 12.9. The van der Waals surface area contributed by atoms with E-state index < -0.39 is 34.6 Å². The average Bonchev–Trinajstić information content (AvgIpc) is 3.22. The normalized spacial score (nSPS) is 32.0. The van der Waals surface area contributed by atoms with Crippen molar-refractivity contribution < 1.29 is 24.2 Å². The van der Waals surface area contributed by atoms with Crippen LogP contribution < -0.4 is 4.90 Å². The average molecular weight is 545 g/mol. The molecule has 6 atom stereocenters. The van der Waals surface area contributed by atoms with E-state index in [9.17, 15) is 19.5 Å². The fraction of sp³-hybridized carbons (Fsp3) is 0.536. The molecule has 7 nitrogen and oxygen atoms in total. The number of amides is 2. The number of anilines is 1. The number of nitrogens with zero attached hydrogens (tertiary/aromatic N) is 2. The Hall–Kier alpha value is -2.29. The minimum atomic E-state index is -0.967. The van der Waals surface area contributed by atoms with Crippen molar-refractivity contribution in [3.05, 3.63) is 53.1 Å². The molecule has 0 radical (unpaired) electrons. The lowest BCUT2D eigenvalue weighted by Crippen LogP contribution is -2.57. The summed E-state index contributed by atoms with van der Waals surface area (Å²) in [6.45, 7) is 6.24. The number of likely N-dealkylation sites (tertiary alicyclic amines) is 1. The van der Waals surface area contributed by atoms with Crippen molar-refractivity contribution in [1.29, 1.82) is 0 Å². The van der Waals surface area contributed by atoms with Crippen LogP contribution in [0.25, 0.3) is 0 Å². The highest BCUT2D eigenvalue weighted by molar-refractivity contribution is 8.02. The molecule has 0 saturated carbocycles. The number of carbonyl (C=O) groups is 3.